The molecule has 2 rings (SSSR count). The average molecular weight is 334 g/mol. The van der Waals surface area contributed by atoms with Crippen LogP contribution >= 0.6 is 0 Å². The minimum absolute atomic E-state index is 0.0664. The molecule has 0 saturated heterocycles. The second-order valence-corrected chi connectivity index (χ2v) is 4.94. The lowest BCUT2D eigenvalue weighted by Gasteiger charge is -2.07. The van der Waals surface area contributed by atoms with Crippen molar-refractivity contribution in [2.24, 2.45) is 0 Å². The Balaban J connectivity index is 1.84. The van der Waals surface area contributed by atoms with Crippen LogP contribution in [0.4, 0.5) is 5.69 Å². The Hall–Kier alpha value is -2.87. The van der Waals surface area contributed by atoms with Crippen LogP contribution in [0.15, 0.2) is 34.9 Å². The maximum Gasteiger partial charge on any atom is 0.303 e. The lowest BCUT2D eigenvalue weighted by molar-refractivity contribution is -0.137. The van der Waals surface area contributed by atoms with Crippen molar-refractivity contribution >= 4 is 17.6 Å². The van der Waals surface area contributed by atoms with Gasteiger partial charge < -0.3 is 24.4 Å². The maximum absolute atomic E-state index is 12.0. The van der Waals surface area contributed by atoms with Gasteiger partial charge in [0.1, 0.15) is 12.4 Å². The highest BCUT2D eigenvalue weighted by Crippen LogP contribution is 2.17. The number of amides is 1. The fourth-order valence-electron chi connectivity index (χ4n) is 1.87. The van der Waals surface area contributed by atoms with Crippen LogP contribution in [0.25, 0.3) is 0 Å². The van der Waals surface area contributed by atoms with Crippen molar-refractivity contribution in [3.8, 4) is 5.75 Å². The van der Waals surface area contributed by atoms with E-state index in [0.717, 1.165) is 0 Å². The van der Waals surface area contributed by atoms with Gasteiger partial charge in [-0.15, -0.1) is 0 Å². The van der Waals surface area contributed by atoms with E-state index in [2.05, 4.69) is 10.5 Å². The molecule has 1 aromatic heterocycles. The Morgan fingerprint density at radius 2 is 2.04 bits per heavy atom. The molecule has 1 aromatic carbocycles. The number of carbonyl (C=O) groups excluding carboxylic acids is 1. The molecule has 0 atom stereocenters. The molecular formula is C16H18N2O6. The summed E-state index contributed by atoms with van der Waals surface area (Å²) in [6.45, 7) is 0.563. The van der Waals surface area contributed by atoms with E-state index in [0.29, 0.717) is 30.2 Å². The lowest BCUT2D eigenvalue weighted by Crippen LogP contribution is -2.12. The number of aliphatic carboxylic acids is 1. The quantitative estimate of drug-likeness (QED) is 0.677. The van der Waals surface area contributed by atoms with Gasteiger partial charge in [-0.05, 0) is 30.7 Å². The van der Waals surface area contributed by atoms with Gasteiger partial charge in [-0.1, -0.05) is 5.16 Å². The lowest BCUT2D eigenvalue weighted by atomic mass is 10.2. The van der Waals surface area contributed by atoms with E-state index in [-0.39, 0.29) is 18.7 Å². The van der Waals surface area contributed by atoms with Crippen LogP contribution < -0.4 is 10.1 Å². The van der Waals surface area contributed by atoms with Gasteiger partial charge >= 0.3 is 5.97 Å². The second-order valence-electron chi connectivity index (χ2n) is 4.94. The number of hydrogen-bond acceptors (Lipinski definition) is 6. The van der Waals surface area contributed by atoms with Crippen molar-refractivity contribution in [1.29, 1.82) is 0 Å². The van der Waals surface area contributed by atoms with Crippen LogP contribution in [0.3, 0.4) is 0 Å². The molecule has 0 spiro atoms. The zero-order valence-electron chi connectivity index (χ0n) is 13.2. The van der Waals surface area contributed by atoms with E-state index in [1.807, 2.05) is 0 Å². The molecule has 8 heteroatoms. The monoisotopic (exact) mass is 334 g/mol. The van der Waals surface area contributed by atoms with Crippen molar-refractivity contribution < 1.29 is 28.7 Å². The van der Waals surface area contributed by atoms with Crippen LogP contribution in [0, 0.1) is 0 Å². The first-order valence-electron chi connectivity index (χ1n) is 7.29. The number of nitrogens with one attached hydrogen (secondary N) is 1. The maximum atomic E-state index is 12.0. The highest BCUT2D eigenvalue weighted by atomic mass is 16.5. The number of anilines is 1. The SMILES string of the molecule is COCc1cc(C(=O)Nc2ccc(OCCCC(=O)O)cc2)no1. The smallest absolute Gasteiger partial charge is 0.303 e. The van der Waals surface area contributed by atoms with Crippen molar-refractivity contribution in [1.82, 2.24) is 5.16 Å². The van der Waals surface area contributed by atoms with E-state index >= 15 is 0 Å². The summed E-state index contributed by atoms with van der Waals surface area (Å²) in [4.78, 5) is 22.4. The summed E-state index contributed by atoms with van der Waals surface area (Å²) in [5.74, 6) is -0.177. The molecule has 0 aliphatic rings. The molecule has 0 saturated carbocycles. The highest BCUT2D eigenvalue weighted by Gasteiger charge is 2.12. The predicted molar refractivity (Wildman–Crippen MR) is 84.0 cm³/mol. The first-order valence-corrected chi connectivity index (χ1v) is 7.29. The number of carboxylic acid groups (broad SMARTS) is 1. The van der Waals surface area contributed by atoms with E-state index < -0.39 is 11.9 Å². The molecule has 128 valence electrons. The number of methoxy groups -OCH3 is 1. The number of rotatable bonds is 9. The number of hydrogen-bond donors (Lipinski definition) is 2. The fraction of sp³-hybridized carbons (Fsp3) is 0.312. The van der Waals surface area contributed by atoms with E-state index in [4.69, 9.17) is 19.1 Å². The van der Waals surface area contributed by atoms with Crippen LogP contribution in [0.5, 0.6) is 5.75 Å². The Labute approximate surface area is 138 Å². The van der Waals surface area contributed by atoms with Crippen LogP contribution in [-0.4, -0.2) is 35.9 Å². The summed E-state index contributed by atoms with van der Waals surface area (Å²) in [6, 6.07) is 8.25. The average Bonchev–Trinajstić information content (AvgIpc) is 3.02. The number of benzene rings is 1. The molecule has 2 N–H and O–H groups in total. The molecule has 1 amide bonds. The van der Waals surface area contributed by atoms with Gasteiger partial charge in [0, 0.05) is 25.3 Å². The molecule has 0 bridgehead atoms. The minimum Gasteiger partial charge on any atom is -0.494 e. The van der Waals surface area contributed by atoms with Crippen molar-refractivity contribution in [2.45, 2.75) is 19.4 Å². The van der Waals surface area contributed by atoms with E-state index in [1.54, 1.807) is 24.3 Å². The predicted octanol–water partition coefficient (Wildman–Crippen LogP) is 2.32. The number of carboxylic acids is 1. The molecular weight excluding hydrogens is 316 g/mol. The zero-order chi connectivity index (χ0) is 17.4. The number of aromatic nitrogens is 1. The van der Waals surface area contributed by atoms with E-state index in [1.165, 1.54) is 13.2 Å². The van der Waals surface area contributed by atoms with Gasteiger partial charge in [-0.3, -0.25) is 9.59 Å². The molecule has 1 heterocycles. The van der Waals surface area contributed by atoms with Gasteiger partial charge in [-0.2, -0.15) is 0 Å². The zero-order valence-corrected chi connectivity index (χ0v) is 13.2. The topological polar surface area (TPSA) is 111 Å². The molecule has 24 heavy (non-hydrogen) atoms. The minimum atomic E-state index is -0.849. The van der Waals surface area contributed by atoms with Gasteiger partial charge in [-0.25, -0.2) is 0 Å². The summed E-state index contributed by atoms with van der Waals surface area (Å²) < 4.78 is 15.3. The highest BCUT2D eigenvalue weighted by molar-refractivity contribution is 6.02. The van der Waals surface area contributed by atoms with Crippen molar-refractivity contribution in [2.75, 3.05) is 19.0 Å². The summed E-state index contributed by atoms with van der Waals surface area (Å²) >= 11 is 0. The summed E-state index contributed by atoms with van der Waals surface area (Å²) in [5.41, 5.74) is 0.741. The molecule has 0 aliphatic carbocycles. The second kappa shape index (κ2) is 8.68. The number of ether oxygens (including phenoxy) is 2. The van der Waals surface area contributed by atoms with Crippen LogP contribution in [-0.2, 0) is 16.1 Å². The molecule has 0 fully saturated rings. The fourth-order valence-corrected chi connectivity index (χ4v) is 1.87. The van der Waals surface area contributed by atoms with Gasteiger partial charge in [0.15, 0.2) is 11.5 Å². The molecule has 2 aromatic rings. The van der Waals surface area contributed by atoms with Crippen LogP contribution in [0.1, 0.15) is 29.1 Å². The summed E-state index contributed by atoms with van der Waals surface area (Å²) in [6.07, 6.45) is 0.501. The Morgan fingerprint density at radius 1 is 1.29 bits per heavy atom. The third kappa shape index (κ3) is 5.40. The van der Waals surface area contributed by atoms with Gasteiger partial charge in [0.2, 0.25) is 0 Å². The largest absolute Gasteiger partial charge is 0.494 e. The first-order chi connectivity index (χ1) is 11.6. The molecule has 0 aliphatic heterocycles. The summed E-state index contributed by atoms with van der Waals surface area (Å²) in [7, 11) is 1.52. The molecule has 8 nitrogen and oxygen atoms in total. The Kier molecular flexibility index (Phi) is 6.32. The Bertz CT molecular complexity index is 680. The van der Waals surface area contributed by atoms with Crippen molar-refractivity contribution in [3.63, 3.8) is 0 Å². The van der Waals surface area contributed by atoms with Crippen LogP contribution in [0.2, 0.25) is 0 Å². The standard InChI is InChI=1S/C16H18N2O6/c1-22-10-13-9-14(18-24-13)16(21)17-11-4-6-12(7-5-11)23-8-2-3-15(19)20/h4-7,9H,2-3,8,10H2,1H3,(H,17,21)(H,19,20). The third-order valence-corrected chi connectivity index (χ3v) is 2.99. The number of carbonyl (C=O) groups is 2. The van der Waals surface area contributed by atoms with Gasteiger partial charge in [0.05, 0.1) is 6.61 Å². The van der Waals surface area contributed by atoms with Crippen molar-refractivity contribution in [3.05, 3.63) is 41.8 Å². The summed E-state index contributed by atoms with van der Waals surface area (Å²) in [5, 5.41) is 14.9. The number of nitrogens with zero attached hydrogens (tertiary/aromatic N) is 1. The molecule has 0 unspecified atom stereocenters. The molecule has 0 radical (unpaired) electrons. The third-order valence-electron chi connectivity index (χ3n) is 2.99. The normalized spacial score (nSPS) is 10.4. The first kappa shape index (κ1) is 17.5. The Morgan fingerprint density at radius 3 is 2.71 bits per heavy atom. The van der Waals surface area contributed by atoms with E-state index in [9.17, 15) is 9.59 Å². The van der Waals surface area contributed by atoms with Gasteiger partial charge in [0.25, 0.3) is 5.91 Å².